The summed E-state index contributed by atoms with van der Waals surface area (Å²) in [7, 11) is 1.64. The molecule has 0 fully saturated rings. The van der Waals surface area contributed by atoms with E-state index in [2.05, 4.69) is 19.2 Å². The van der Waals surface area contributed by atoms with Crippen molar-refractivity contribution in [3.63, 3.8) is 0 Å². The van der Waals surface area contributed by atoms with Crippen LogP contribution < -0.4 is 5.32 Å². The highest BCUT2D eigenvalue weighted by molar-refractivity contribution is 5.85. The quantitative estimate of drug-likeness (QED) is 0.581. The molecule has 21 heavy (non-hydrogen) atoms. The molecule has 0 aliphatic rings. The fourth-order valence-corrected chi connectivity index (χ4v) is 2.24. The van der Waals surface area contributed by atoms with Gasteiger partial charge in [0, 0.05) is 26.2 Å². The van der Waals surface area contributed by atoms with Crippen LogP contribution in [-0.4, -0.2) is 72.6 Å². The third-order valence-electron chi connectivity index (χ3n) is 3.56. The van der Waals surface area contributed by atoms with Gasteiger partial charge in [0.1, 0.15) is 0 Å². The summed E-state index contributed by atoms with van der Waals surface area (Å²) < 4.78 is 0. The molecule has 2 N–H and O–H groups in total. The van der Waals surface area contributed by atoms with Crippen molar-refractivity contribution < 1.29 is 14.7 Å². The molecule has 0 aromatic carbocycles. The fourth-order valence-electron chi connectivity index (χ4n) is 2.24. The number of hydrogen-bond acceptors (Lipinski definition) is 4. The van der Waals surface area contributed by atoms with Crippen LogP contribution in [0.4, 0.5) is 0 Å². The zero-order chi connectivity index (χ0) is 16.3. The molecule has 0 atom stereocenters. The standard InChI is InChI=1S/C15H31N3O3/c1-5-8-16-14(20)11-17(4)15(21)12-18(9-10-19)13(6-2)7-3/h13,19H,5-12H2,1-4H3,(H,16,20). The van der Waals surface area contributed by atoms with Crippen LogP contribution in [0.1, 0.15) is 40.0 Å². The van der Waals surface area contributed by atoms with Crippen LogP contribution in [-0.2, 0) is 9.59 Å². The number of carbonyl (C=O) groups excluding carboxylic acids is 2. The highest BCUT2D eigenvalue weighted by atomic mass is 16.3. The Labute approximate surface area is 128 Å². The zero-order valence-corrected chi connectivity index (χ0v) is 13.9. The van der Waals surface area contributed by atoms with Gasteiger partial charge >= 0.3 is 0 Å². The molecule has 0 spiro atoms. The number of hydrogen-bond donors (Lipinski definition) is 2. The molecule has 0 saturated carbocycles. The molecule has 0 rings (SSSR count). The normalized spacial score (nSPS) is 11.0. The summed E-state index contributed by atoms with van der Waals surface area (Å²) in [5, 5.41) is 11.9. The summed E-state index contributed by atoms with van der Waals surface area (Å²) in [6, 6.07) is 0.281. The second-order valence-electron chi connectivity index (χ2n) is 5.26. The largest absolute Gasteiger partial charge is 0.395 e. The van der Waals surface area contributed by atoms with E-state index in [1.54, 1.807) is 7.05 Å². The van der Waals surface area contributed by atoms with Crippen LogP contribution in [0.25, 0.3) is 0 Å². The predicted molar refractivity (Wildman–Crippen MR) is 84.0 cm³/mol. The second kappa shape index (κ2) is 11.5. The summed E-state index contributed by atoms with van der Waals surface area (Å²) >= 11 is 0. The predicted octanol–water partition coefficient (Wildman–Crippen LogP) is 0.454. The van der Waals surface area contributed by atoms with Gasteiger partial charge in [-0.15, -0.1) is 0 Å². The highest BCUT2D eigenvalue weighted by Gasteiger charge is 2.20. The van der Waals surface area contributed by atoms with E-state index in [9.17, 15) is 9.59 Å². The molecule has 2 amide bonds. The Kier molecular flexibility index (Phi) is 10.9. The van der Waals surface area contributed by atoms with Crippen LogP contribution >= 0.6 is 0 Å². The maximum atomic E-state index is 12.2. The Bertz CT molecular complexity index is 307. The summed E-state index contributed by atoms with van der Waals surface area (Å²) in [5.41, 5.74) is 0. The van der Waals surface area contributed by atoms with Gasteiger partial charge in [-0.3, -0.25) is 14.5 Å². The summed E-state index contributed by atoms with van der Waals surface area (Å²) in [4.78, 5) is 27.2. The SMILES string of the molecule is CCCNC(=O)CN(C)C(=O)CN(CCO)C(CC)CC. The van der Waals surface area contributed by atoms with Gasteiger partial charge in [0.2, 0.25) is 11.8 Å². The monoisotopic (exact) mass is 301 g/mol. The Morgan fingerprint density at radius 3 is 2.24 bits per heavy atom. The number of likely N-dealkylation sites (N-methyl/N-ethyl adjacent to an activating group) is 1. The molecule has 0 heterocycles. The van der Waals surface area contributed by atoms with Crippen molar-refractivity contribution >= 4 is 11.8 Å². The molecule has 0 saturated heterocycles. The Morgan fingerprint density at radius 2 is 1.76 bits per heavy atom. The van der Waals surface area contributed by atoms with Gasteiger partial charge in [-0.05, 0) is 19.3 Å². The highest BCUT2D eigenvalue weighted by Crippen LogP contribution is 2.08. The molecule has 0 aromatic heterocycles. The minimum absolute atomic E-state index is 0.0322. The van der Waals surface area contributed by atoms with E-state index in [1.807, 2.05) is 11.8 Å². The van der Waals surface area contributed by atoms with Crippen LogP contribution in [0.2, 0.25) is 0 Å². The number of carbonyl (C=O) groups is 2. The van der Waals surface area contributed by atoms with Crippen molar-refractivity contribution in [1.82, 2.24) is 15.1 Å². The van der Waals surface area contributed by atoms with Gasteiger partial charge in [0.25, 0.3) is 0 Å². The first-order valence-corrected chi connectivity index (χ1v) is 7.85. The average Bonchev–Trinajstić information content (AvgIpc) is 2.46. The van der Waals surface area contributed by atoms with Crippen LogP contribution in [0, 0.1) is 0 Å². The minimum Gasteiger partial charge on any atom is -0.395 e. The summed E-state index contributed by atoms with van der Waals surface area (Å²) in [5.74, 6) is -0.231. The molecule has 0 aromatic rings. The van der Waals surface area contributed by atoms with Gasteiger partial charge < -0.3 is 15.3 Å². The smallest absolute Gasteiger partial charge is 0.239 e. The van der Waals surface area contributed by atoms with Crippen molar-refractivity contribution in [3.8, 4) is 0 Å². The first kappa shape index (κ1) is 19.9. The molecule has 0 aliphatic heterocycles. The van der Waals surface area contributed by atoms with Gasteiger partial charge in [-0.1, -0.05) is 20.8 Å². The first-order valence-electron chi connectivity index (χ1n) is 7.85. The molecule has 0 aliphatic carbocycles. The van der Waals surface area contributed by atoms with Crippen molar-refractivity contribution in [1.29, 1.82) is 0 Å². The summed E-state index contributed by atoms with van der Waals surface area (Å²) in [6.07, 6.45) is 2.75. The lowest BCUT2D eigenvalue weighted by Gasteiger charge is -2.30. The second-order valence-corrected chi connectivity index (χ2v) is 5.26. The van der Waals surface area contributed by atoms with E-state index in [1.165, 1.54) is 4.90 Å². The number of amides is 2. The molecular weight excluding hydrogens is 270 g/mol. The van der Waals surface area contributed by atoms with Gasteiger partial charge in [-0.25, -0.2) is 0 Å². The van der Waals surface area contributed by atoms with Crippen molar-refractivity contribution in [2.45, 2.75) is 46.1 Å². The van der Waals surface area contributed by atoms with E-state index in [4.69, 9.17) is 5.11 Å². The number of nitrogens with one attached hydrogen (secondary N) is 1. The van der Waals surface area contributed by atoms with Gasteiger partial charge in [0.05, 0.1) is 19.7 Å². The van der Waals surface area contributed by atoms with E-state index < -0.39 is 0 Å². The molecule has 6 heteroatoms. The third kappa shape index (κ3) is 8.02. The molecule has 124 valence electrons. The summed E-state index contributed by atoms with van der Waals surface area (Å²) in [6.45, 7) is 7.59. The lowest BCUT2D eigenvalue weighted by Crippen LogP contribution is -2.46. The van der Waals surface area contributed by atoms with E-state index in [-0.39, 0.29) is 37.6 Å². The third-order valence-corrected chi connectivity index (χ3v) is 3.56. The van der Waals surface area contributed by atoms with Gasteiger partial charge in [-0.2, -0.15) is 0 Å². The number of nitrogens with zero attached hydrogens (tertiary/aromatic N) is 2. The van der Waals surface area contributed by atoms with Crippen molar-refractivity contribution in [2.75, 3.05) is 39.8 Å². The topological polar surface area (TPSA) is 72.9 Å². The maximum absolute atomic E-state index is 12.2. The van der Waals surface area contributed by atoms with E-state index in [0.717, 1.165) is 19.3 Å². The molecule has 6 nitrogen and oxygen atoms in total. The number of rotatable bonds is 11. The first-order chi connectivity index (χ1) is 9.99. The zero-order valence-electron chi connectivity index (χ0n) is 13.9. The molecule has 0 radical (unpaired) electrons. The maximum Gasteiger partial charge on any atom is 0.239 e. The van der Waals surface area contributed by atoms with Crippen LogP contribution in [0.15, 0.2) is 0 Å². The minimum atomic E-state index is -0.135. The van der Waals surface area contributed by atoms with E-state index in [0.29, 0.717) is 13.1 Å². The molecule has 0 bridgehead atoms. The van der Waals surface area contributed by atoms with Crippen LogP contribution in [0.3, 0.4) is 0 Å². The molecule has 0 unspecified atom stereocenters. The van der Waals surface area contributed by atoms with Crippen LogP contribution in [0.5, 0.6) is 0 Å². The fraction of sp³-hybridized carbons (Fsp3) is 0.867. The van der Waals surface area contributed by atoms with Crippen molar-refractivity contribution in [2.24, 2.45) is 0 Å². The average molecular weight is 301 g/mol. The number of aliphatic hydroxyl groups excluding tert-OH is 1. The molecular formula is C15H31N3O3. The Balaban J connectivity index is 4.42. The van der Waals surface area contributed by atoms with Crippen molar-refractivity contribution in [3.05, 3.63) is 0 Å². The number of aliphatic hydroxyl groups is 1. The Hall–Kier alpha value is -1.14. The van der Waals surface area contributed by atoms with Gasteiger partial charge in [0.15, 0.2) is 0 Å². The Morgan fingerprint density at radius 1 is 1.14 bits per heavy atom. The van der Waals surface area contributed by atoms with E-state index >= 15 is 0 Å². The lowest BCUT2D eigenvalue weighted by atomic mass is 10.1. The lowest BCUT2D eigenvalue weighted by molar-refractivity contribution is -0.136.